The van der Waals surface area contributed by atoms with Crippen molar-refractivity contribution in [3.05, 3.63) is 35.5 Å². The fourth-order valence-corrected chi connectivity index (χ4v) is 2.66. The van der Waals surface area contributed by atoms with E-state index in [1.165, 1.54) is 22.2 Å². The van der Waals surface area contributed by atoms with E-state index < -0.39 is 0 Å². The van der Waals surface area contributed by atoms with Crippen LogP contribution in [0.1, 0.15) is 31.5 Å². The Kier molecular flexibility index (Phi) is 5.87. The van der Waals surface area contributed by atoms with Gasteiger partial charge >= 0.3 is 0 Å². The van der Waals surface area contributed by atoms with E-state index in [0.717, 1.165) is 31.9 Å². The third-order valence-electron chi connectivity index (χ3n) is 3.93. The van der Waals surface area contributed by atoms with Crippen LogP contribution in [0.15, 0.2) is 29.3 Å². The number of benzene rings is 1. The maximum atomic E-state index is 4.28. The molecule has 2 aromatic rings. The molecule has 0 amide bonds. The van der Waals surface area contributed by atoms with Crippen molar-refractivity contribution in [2.24, 2.45) is 10.9 Å². The van der Waals surface area contributed by atoms with E-state index in [1.807, 2.05) is 7.05 Å². The van der Waals surface area contributed by atoms with Crippen LogP contribution in [0.5, 0.6) is 0 Å². The summed E-state index contributed by atoms with van der Waals surface area (Å²) >= 11 is 0. The SMILES string of the molecule is CN=C(NCCc1c(C)[nH]c2ccccc12)NCCC(C)C. The van der Waals surface area contributed by atoms with Gasteiger partial charge in [0.05, 0.1) is 0 Å². The summed E-state index contributed by atoms with van der Waals surface area (Å²) in [4.78, 5) is 7.73. The summed E-state index contributed by atoms with van der Waals surface area (Å²) in [7, 11) is 1.82. The van der Waals surface area contributed by atoms with E-state index in [2.05, 4.69) is 65.6 Å². The Bertz CT molecular complexity index is 625. The average Bonchev–Trinajstić information content (AvgIpc) is 2.81. The van der Waals surface area contributed by atoms with Gasteiger partial charge in [0, 0.05) is 36.7 Å². The van der Waals surface area contributed by atoms with Gasteiger partial charge in [0.25, 0.3) is 0 Å². The molecule has 1 aromatic carbocycles. The Hall–Kier alpha value is -1.97. The number of nitrogens with one attached hydrogen (secondary N) is 3. The van der Waals surface area contributed by atoms with Gasteiger partial charge < -0.3 is 15.6 Å². The minimum absolute atomic E-state index is 0.708. The summed E-state index contributed by atoms with van der Waals surface area (Å²) in [6, 6.07) is 8.48. The zero-order chi connectivity index (χ0) is 15.9. The van der Waals surface area contributed by atoms with Gasteiger partial charge in [-0.05, 0) is 37.3 Å². The number of aromatic amines is 1. The Balaban J connectivity index is 1.88. The second-order valence-corrected chi connectivity index (χ2v) is 6.13. The van der Waals surface area contributed by atoms with Crippen LogP contribution in [0.3, 0.4) is 0 Å². The van der Waals surface area contributed by atoms with E-state index in [1.54, 1.807) is 0 Å². The van der Waals surface area contributed by atoms with Gasteiger partial charge in [-0.1, -0.05) is 32.0 Å². The summed E-state index contributed by atoms with van der Waals surface area (Å²) in [5, 5.41) is 8.09. The molecule has 3 N–H and O–H groups in total. The van der Waals surface area contributed by atoms with Crippen molar-refractivity contribution < 1.29 is 0 Å². The topological polar surface area (TPSA) is 52.2 Å². The van der Waals surface area contributed by atoms with Crippen molar-refractivity contribution in [2.45, 2.75) is 33.6 Å². The molecule has 0 radical (unpaired) electrons. The molecule has 0 aliphatic rings. The predicted molar refractivity (Wildman–Crippen MR) is 95.6 cm³/mol. The van der Waals surface area contributed by atoms with Crippen LogP contribution in [0, 0.1) is 12.8 Å². The van der Waals surface area contributed by atoms with Crippen molar-refractivity contribution in [3.63, 3.8) is 0 Å². The number of aryl methyl sites for hydroxylation is 1. The fourth-order valence-electron chi connectivity index (χ4n) is 2.66. The normalized spacial score (nSPS) is 12.1. The van der Waals surface area contributed by atoms with E-state index in [0.29, 0.717) is 5.92 Å². The summed E-state index contributed by atoms with van der Waals surface area (Å²) in [5.41, 5.74) is 3.86. The average molecular weight is 300 g/mol. The molecule has 4 nitrogen and oxygen atoms in total. The molecular formula is C18H28N4. The number of nitrogens with zero attached hydrogens (tertiary/aromatic N) is 1. The van der Waals surface area contributed by atoms with Crippen LogP contribution in [0.4, 0.5) is 0 Å². The smallest absolute Gasteiger partial charge is 0.190 e. The van der Waals surface area contributed by atoms with Crippen molar-refractivity contribution in [1.82, 2.24) is 15.6 Å². The second-order valence-electron chi connectivity index (χ2n) is 6.13. The Morgan fingerprint density at radius 2 is 1.91 bits per heavy atom. The van der Waals surface area contributed by atoms with Gasteiger partial charge in [-0.3, -0.25) is 4.99 Å². The van der Waals surface area contributed by atoms with Gasteiger partial charge in [-0.2, -0.15) is 0 Å². The number of hydrogen-bond donors (Lipinski definition) is 3. The summed E-state index contributed by atoms with van der Waals surface area (Å²) in [6.45, 7) is 8.45. The molecule has 0 aliphatic carbocycles. The lowest BCUT2D eigenvalue weighted by Crippen LogP contribution is -2.39. The molecule has 0 spiro atoms. The molecule has 0 aliphatic heterocycles. The quantitative estimate of drug-likeness (QED) is 0.567. The Morgan fingerprint density at radius 1 is 1.18 bits per heavy atom. The number of fused-ring (bicyclic) bond motifs is 1. The first kappa shape index (κ1) is 16.4. The zero-order valence-corrected chi connectivity index (χ0v) is 14.2. The van der Waals surface area contributed by atoms with E-state index in [4.69, 9.17) is 0 Å². The number of hydrogen-bond acceptors (Lipinski definition) is 1. The fraction of sp³-hybridized carbons (Fsp3) is 0.500. The van der Waals surface area contributed by atoms with E-state index in [9.17, 15) is 0 Å². The van der Waals surface area contributed by atoms with Gasteiger partial charge in [0.1, 0.15) is 0 Å². The molecule has 120 valence electrons. The molecule has 1 heterocycles. The third-order valence-corrected chi connectivity index (χ3v) is 3.93. The summed E-state index contributed by atoms with van der Waals surface area (Å²) < 4.78 is 0. The van der Waals surface area contributed by atoms with Crippen molar-refractivity contribution in [1.29, 1.82) is 0 Å². The molecule has 0 unspecified atom stereocenters. The highest BCUT2D eigenvalue weighted by molar-refractivity contribution is 5.84. The van der Waals surface area contributed by atoms with Gasteiger partial charge in [0.2, 0.25) is 0 Å². The number of para-hydroxylation sites is 1. The van der Waals surface area contributed by atoms with Crippen LogP contribution >= 0.6 is 0 Å². The van der Waals surface area contributed by atoms with Gasteiger partial charge in [-0.15, -0.1) is 0 Å². The number of guanidine groups is 1. The largest absolute Gasteiger partial charge is 0.358 e. The maximum Gasteiger partial charge on any atom is 0.190 e. The molecule has 0 bridgehead atoms. The van der Waals surface area contributed by atoms with Crippen molar-refractivity contribution >= 4 is 16.9 Å². The van der Waals surface area contributed by atoms with Crippen molar-refractivity contribution in [3.8, 4) is 0 Å². The van der Waals surface area contributed by atoms with Gasteiger partial charge in [0.15, 0.2) is 5.96 Å². The molecule has 4 heteroatoms. The number of rotatable bonds is 6. The van der Waals surface area contributed by atoms with Crippen LogP contribution in [0.25, 0.3) is 10.9 Å². The zero-order valence-electron chi connectivity index (χ0n) is 14.2. The lowest BCUT2D eigenvalue weighted by atomic mass is 10.1. The predicted octanol–water partition coefficient (Wildman–Crippen LogP) is 3.23. The van der Waals surface area contributed by atoms with Gasteiger partial charge in [-0.25, -0.2) is 0 Å². The third kappa shape index (κ3) is 4.26. The monoisotopic (exact) mass is 300 g/mol. The first-order chi connectivity index (χ1) is 10.6. The number of H-pyrrole nitrogens is 1. The molecule has 2 rings (SSSR count). The van der Waals surface area contributed by atoms with Crippen LogP contribution < -0.4 is 10.6 Å². The summed E-state index contributed by atoms with van der Waals surface area (Å²) in [6.07, 6.45) is 2.14. The van der Waals surface area contributed by atoms with Crippen LogP contribution in [0.2, 0.25) is 0 Å². The molecule has 0 saturated carbocycles. The number of aromatic nitrogens is 1. The summed E-state index contributed by atoms with van der Waals surface area (Å²) in [5.74, 6) is 1.60. The highest BCUT2D eigenvalue weighted by Gasteiger charge is 2.07. The second kappa shape index (κ2) is 7.87. The van der Waals surface area contributed by atoms with Crippen LogP contribution in [-0.2, 0) is 6.42 Å². The minimum Gasteiger partial charge on any atom is -0.358 e. The van der Waals surface area contributed by atoms with Crippen molar-refractivity contribution in [2.75, 3.05) is 20.1 Å². The van der Waals surface area contributed by atoms with E-state index in [-0.39, 0.29) is 0 Å². The molecular weight excluding hydrogens is 272 g/mol. The standard InChI is InChI=1S/C18H28N4/c1-13(2)9-11-20-18(19-4)21-12-10-15-14(3)22-17-8-6-5-7-16(15)17/h5-8,13,22H,9-12H2,1-4H3,(H2,19,20,21). The van der Waals surface area contributed by atoms with Crippen LogP contribution in [-0.4, -0.2) is 31.1 Å². The lowest BCUT2D eigenvalue weighted by molar-refractivity contribution is 0.573. The highest BCUT2D eigenvalue weighted by atomic mass is 15.2. The highest BCUT2D eigenvalue weighted by Crippen LogP contribution is 2.21. The molecule has 0 fully saturated rings. The van der Waals surface area contributed by atoms with E-state index >= 15 is 0 Å². The Morgan fingerprint density at radius 3 is 2.64 bits per heavy atom. The first-order valence-corrected chi connectivity index (χ1v) is 8.12. The molecule has 0 atom stereocenters. The number of aliphatic imine (C=N–C) groups is 1. The molecule has 1 aromatic heterocycles. The molecule has 0 saturated heterocycles. The Labute approximate surface area is 133 Å². The minimum atomic E-state index is 0.708. The molecule has 22 heavy (non-hydrogen) atoms. The first-order valence-electron chi connectivity index (χ1n) is 8.12. The lowest BCUT2D eigenvalue weighted by Gasteiger charge is -2.13. The maximum absolute atomic E-state index is 4.28.